The lowest BCUT2D eigenvalue weighted by Gasteiger charge is -2.65. The highest BCUT2D eigenvalue weighted by atomic mass is 15.3. The Hall–Kier alpha value is -0.120. The summed E-state index contributed by atoms with van der Waals surface area (Å²) in [5.74, 6) is 0.892. The topological polar surface area (TPSA) is 9.72 Å². The van der Waals surface area contributed by atoms with Gasteiger partial charge in [0.15, 0.2) is 0 Å². The van der Waals surface area contributed by atoms with Crippen LogP contribution in [0.4, 0.5) is 0 Å². The van der Waals surface area contributed by atoms with E-state index >= 15 is 0 Å². The Morgan fingerprint density at radius 2 is 1.44 bits per heavy atom. The highest BCUT2D eigenvalue weighted by Gasteiger charge is 2.54. The fourth-order valence-electron chi connectivity index (χ4n) is 4.44. The minimum absolute atomic E-state index is 0.417. The van der Waals surface area contributed by atoms with Crippen LogP contribution in [-0.2, 0) is 0 Å². The van der Waals surface area contributed by atoms with E-state index in [9.17, 15) is 0 Å². The minimum atomic E-state index is 0.417. The number of nitrogens with zero attached hydrogens (tertiary/aromatic N) is 3. The van der Waals surface area contributed by atoms with Crippen LogP contribution in [0.2, 0.25) is 0 Å². The summed E-state index contributed by atoms with van der Waals surface area (Å²) in [5.41, 5.74) is 1.10. The Labute approximate surface area is 112 Å². The SMILES string of the molecule is CN1CCC(C(C)(C)N2CC3(CN(C)C3)C2)CC1. The summed E-state index contributed by atoms with van der Waals surface area (Å²) in [7, 11) is 4.50. The summed E-state index contributed by atoms with van der Waals surface area (Å²) < 4.78 is 0. The first-order chi connectivity index (χ1) is 8.41. The van der Waals surface area contributed by atoms with E-state index in [2.05, 4.69) is 42.6 Å². The summed E-state index contributed by atoms with van der Waals surface area (Å²) >= 11 is 0. The van der Waals surface area contributed by atoms with E-state index in [0.29, 0.717) is 11.0 Å². The molecule has 0 unspecified atom stereocenters. The standard InChI is InChI=1S/C15H29N3/c1-14(2,13-5-7-16(3)8-6-13)18-11-15(12-18)9-17(4)10-15/h13H,5-12H2,1-4H3. The van der Waals surface area contributed by atoms with Gasteiger partial charge in [0, 0.05) is 37.1 Å². The molecule has 0 saturated carbocycles. The Balaban J connectivity index is 1.55. The average molecular weight is 251 g/mol. The molecule has 0 aliphatic carbocycles. The smallest absolute Gasteiger partial charge is 0.0212 e. The Morgan fingerprint density at radius 1 is 0.889 bits per heavy atom. The molecule has 3 nitrogen and oxygen atoms in total. The maximum atomic E-state index is 2.76. The number of piperidine rings is 1. The molecule has 0 bridgehead atoms. The highest BCUT2D eigenvalue weighted by molar-refractivity contribution is 5.09. The molecule has 3 aliphatic rings. The summed E-state index contributed by atoms with van der Waals surface area (Å²) in [6, 6.07) is 0. The minimum Gasteiger partial charge on any atom is -0.306 e. The maximum Gasteiger partial charge on any atom is 0.0212 e. The van der Waals surface area contributed by atoms with Crippen molar-refractivity contribution >= 4 is 0 Å². The fraction of sp³-hybridized carbons (Fsp3) is 1.00. The van der Waals surface area contributed by atoms with Gasteiger partial charge >= 0.3 is 0 Å². The quantitative estimate of drug-likeness (QED) is 0.733. The van der Waals surface area contributed by atoms with Gasteiger partial charge in [0.1, 0.15) is 0 Å². The van der Waals surface area contributed by atoms with Crippen molar-refractivity contribution in [2.45, 2.75) is 32.2 Å². The van der Waals surface area contributed by atoms with E-state index in [4.69, 9.17) is 0 Å². The molecule has 3 heterocycles. The second-order valence-corrected chi connectivity index (χ2v) is 7.76. The van der Waals surface area contributed by atoms with Crippen molar-refractivity contribution in [1.29, 1.82) is 0 Å². The molecule has 1 spiro atoms. The van der Waals surface area contributed by atoms with Gasteiger partial charge in [-0.3, -0.25) is 4.90 Å². The number of likely N-dealkylation sites (tertiary alicyclic amines) is 3. The van der Waals surface area contributed by atoms with Crippen LogP contribution < -0.4 is 0 Å². The Kier molecular flexibility index (Phi) is 3.00. The van der Waals surface area contributed by atoms with Crippen molar-refractivity contribution in [3.8, 4) is 0 Å². The van der Waals surface area contributed by atoms with E-state index in [0.717, 1.165) is 5.92 Å². The molecule has 3 heteroatoms. The van der Waals surface area contributed by atoms with Crippen molar-refractivity contribution in [3.63, 3.8) is 0 Å². The van der Waals surface area contributed by atoms with E-state index < -0.39 is 0 Å². The predicted octanol–water partition coefficient (Wildman–Crippen LogP) is 1.35. The molecule has 0 aromatic carbocycles. The Morgan fingerprint density at radius 3 is 1.94 bits per heavy atom. The monoisotopic (exact) mass is 251 g/mol. The lowest BCUT2D eigenvalue weighted by atomic mass is 9.68. The van der Waals surface area contributed by atoms with Gasteiger partial charge < -0.3 is 9.80 Å². The van der Waals surface area contributed by atoms with Crippen LogP contribution in [0.1, 0.15) is 26.7 Å². The zero-order chi connectivity index (χ0) is 13.0. The largest absolute Gasteiger partial charge is 0.306 e. The maximum absolute atomic E-state index is 2.76. The molecule has 3 fully saturated rings. The molecule has 0 N–H and O–H groups in total. The second kappa shape index (κ2) is 4.19. The lowest BCUT2D eigenvalue weighted by molar-refractivity contribution is -0.155. The number of rotatable bonds is 2. The molecule has 3 rings (SSSR count). The fourth-order valence-corrected chi connectivity index (χ4v) is 4.44. The normalized spacial score (nSPS) is 31.3. The predicted molar refractivity (Wildman–Crippen MR) is 75.8 cm³/mol. The summed E-state index contributed by atoms with van der Waals surface area (Å²) in [4.78, 5) is 7.70. The molecule has 3 saturated heterocycles. The third-order valence-corrected chi connectivity index (χ3v) is 5.80. The van der Waals surface area contributed by atoms with E-state index in [1.807, 2.05) is 0 Å². The molecule has 3 aliphatic heterocycles. The lowest BCUT2D eigenvalue weighted by Crippen LogP contribution is -2.75. The van der Waals surface area contributed by atoms with E-state index in [-0.39, 0.29) is 0 Å². The number of hydrogen-bond donors (Lipinski definition) is 0. The molecule has 0 aromatic rings. The molecule has 104 valence electrons. The van der Waals surface area contributed by atoms with Crippen LogP contribution in [0.5, 0.6) is 0 Å². The van der Waals surface area contributed by atoms with Crippen molar-refractivity contribution in [2.24, 2.45) is 11.3 Å². The van der Waals surface area contributed by atoms with Crippen LogP contribution >= 0.6 is 0 Å². The van der Waals surface area contributed by atoms with Crippen LogP contribution in [0.3, 0.4) is 0 Å². The van der Waals surface area contributed by atoms with Gasteiger partial charge in [-0.1, -0.05) is 0 Å². The van der Waals surface area contributed by atoms with Crippen LogP contribution in [-0.4, -0.2) is 73.6 Å². The summed E-state index contributed by atoms with van der Waals surface area (Å²) in [5, 5.41) is 0. The van der Waals surface area contributed by atoms with Gasteiger partial charge in [0.2, 0.25) is 0 Å². The van der Waals surface area contributed by atoms with E-state index in [1.54, 1.807) is 0 Å². The van der Waals surface area contributed by atoms with Crippen molar-refractivity contribution in [1.82, 2.24) is 14.7 Å². The molecule has 0 radical (unpaired) electrons. The molecule has 18 heavy (non-hydrogen) atoms. The zero-order valence-corrected chi connectivity index (χ0v) is 12.6. The first kappa shape index (κ1) is 12.9. The third-order valence-electron chi connectivity index (χ3n) is 5.80. The van der Waals surface area contributed by atoms with Gasteiger partial charge in [-0.15, -0.1) is 0 Å². The molecule has 0 amide bonds. The molecular weight excluding hydrogens is 222 g/mol. The Bertz CT molecular complexity index is 304. The second-order valence-electron chi connectivity index (χ2n) is 7.76. The van der Waals surface area contributed by atoms with Crippen molar-refractivity contribution < 1.29 is 0 Å². The van der Waals surface area contributed by atoms with Gasteiger partial charge in [-0.25, -0.2) is 0 Å². The van der Waals surface area contributed by atoms with Gasteiger partial charge in [-0.05, 0) is 59.8 Å². The third kappa shape index (κ3) is 2.00. The van der Waals surface area contributed by atoms with Gasteiger partial charge in [0.25, 0.3) is 0 Å². The average Bonchev–Trinajstić information content (AvgIpc) is 2.21. The highest BCUT2D eigenvalue weighted by Crippen LogP contribution is 2.45. The van der Waals surface area contributed by atoms with Gasteiger partial charge in [0.05, 0.1) is 0 Å². The molecular formula is C15H29N3. The van der Waals surface area contributed by atoms with Crippen molar-refractivity contribution in [2.75, 3.05) is 53.4 Å². The number of hydrogen-bond acceptors (Lipinski definition) is 3. The van der Waals surface area contributed by atoms with Gasteiger partial charge in [-0.2, -0.15) is 0 Å². The summed E-state index contributed by atoms with van der Waals surface area (Å²) in [6.07, 6.45) is 2.76. The molecule has 0 aromatic heterocycles. The first-order valence-electron chi connectivity index (χ1n) is 7.53. The van der Waals surface area contributed by atoms with Crippen LogP contribution in [0.15, 0.2) is 0 Å². The van der Waals surface area contributed by atoms with E-state index in [1.165, 1.54) is 52.1 Å². The zero-order valence-electron chi connectivity index (χ0n) is 12.6. The molecule has 0 atom stereocenters. The van der Waals surface area contributed by atoms with Crippen molar-refractivity contribution in [3.05, 3.63) is 0 Å². The first-order valence-corrected chi connectivity index (χ1v) is 7.53. The summed E-state index contributed by atoms with van der Waals surface area (Å²) in [6.45, 7) is 12.9. The van der Waals surface area contributed by atoms with Crippen LogP contribution in [0.25, 0.3) is 0 Å². The van der Waals surface area contributed by atoms with Crippen LogP contribution in [0, 0.1) is 11.3 Å².